The van der Waals surface area contributed by atoms with E-state index in [1.807, 2.05) is 0 Å². The molecule has 0 aliphatic heterocycles. The van der Waals surface area contributed by atoms with E-state index in [4.69, 9.17) is 5.11 Å². The fourth-order valence-corrected chi connectivity index (χ4v) is 2.38. The van der Waals surface area contributed by atoms with Crippen LogP contribution in [0, 0.1) is 0 Å². The Morgan fingerprint density at radius 2 is 2.00 bits per heavy atom. The Balaban J connectivity index is 1.98. The Labute approximate surface area is 114 Å². The van der Waals surface area contributed by atoms with E-state index >= 15 is 0 Å². The Kier molecular flexibility index (Phi) is 4.51. The first-order valence-corrected chi connectivity index (χ1v) is 6.86. The Morgan fingerprint density at radius 1 is 1.32 bits per heavy atom. The van der Waals surface area contributed by atoms with Gasteiger partial charge >= 0.3 is 5.97 Å². The molecular formula is C12H14N4O2S. The minimum absolute atomic E-state index is 0.218. The van der Waals surface area contributed by atoms with Gasteiger partial charge in [0.05, 0.1) is 0 Å². The van der Waals surface area contributed by atoms with Crippen LogP contribution in [0.1, 0.15) is 18.1 Å². The highest BCUT2D eigenvalue weighted by molar-refractivity contribution is 7.98. The third-order valence-electron chi connectivity index (χ3n) is 2.58. The summed E-state index contributed by atoms with van der Waals surface area (Å²) in [5.74, 6) is -0.245. The summed E-state index contributed by atoms with van der Waals surface area (Å²) >= 11 is 1.43. The number of aromatic nitrogens is 4. The maximum Gasteiger partial charge on any atom is 0.325 e. The minimum Gasteiger partial charge on any atom is -0.480 e. The van der Waals surface area contributed by atoms with E-state index in [9.17, 15) is 4.79 Å². The first-order chi connectivity index (χ1) is 9.19. The van der Waals surface area contributed by atoms with Crippen molar-refractivity contribution in [3.05, 3.63) is 35.4 Å². The molecule has 0 atom stereocenters. The van der Waals surface area contributed by atoms with E-state index in [1.165, 1.54) is 22.0 Å². The Hall–Kier alpha value is -1.89. The molecule has 1 N–H and O–H groups in total. The molecule has 1 heterocycles. The molecule has 1 aromatic heterocycles. The zero-order chi connectivity index (χ0) is 13.7. The largest absolute Gasteiger partial charge is 0.480 e. The van der Waals surface area contributed by atoms with Crippen LogP contribution >= 0.6 is 11.8 Å². The van der Waals surface area contributed by atoms with E-state index in [-0.39, 0.29) is 6.54 Å². The van der Waals surface area contributed by atoms with Crippen LogP contribution in [0.5, 0.6) is 0 Å². The number of hydrogen-bond acceptors (Lipinski definition) is 5. The second kappa shape index (κ2) is 6.33. The minimum atomic E-state index is -0.957. The molecule has 100 valence electrons. The van der Waals surface area contributed by atoms with Crippen molar-refractivity contribution in [1.29, 1.82) is 0 Å². The fourth-order valence-electron chi connectivity index (χ4n) is 1.55. The number of carboxylic acid groups (broad SMARTS) is 1. The van der Waals surface area contributed by atoms with Crippen molar-refractivity contribution < 1.29 is 9.90 Å². The third-order valence-corrected chi connectivity index (χ3v) is 3.61. The smallest absolute Gasteiger partial charge is 0.325 e. The second-order valence-electron chi connectivity index (χ2n) is 3.97. The van der Waals surface area contributed by atoms with E-state index in [2.05, 4.69) is 46.7 Å². The highest BCUT2D eigenvalue weighted by atomic mass is 32.2. The Bertz CT molecular complexity index is 553. The summed E-state index contributed by atoms with van der Waals surface area (Å²) < 4.78 is 1.29. The lowest BCUT2D eigenvalue weighted by atomic mass is 10.1. The molecule has 6 nitrogen and oxygen atoms in total. The van der Waals surface area contributed by atoms with Gasteiger partial charge in [-0.3, -0.25) is 4.79 Å². The molecule has 2 rings (SSSR count). The quantitative estimate of drug-likeness (QED) is 0.809. The second-order valence-corrected chi connectivity index (χ2v) is 4.91. The van der Waals surface area contributed by atoms with Gasteiger partial charge in [-0.25, -0.2) is 4.68 Å². The van der Waals surface area contributed by atoms with Crippen molar-refractivity contribution >= 4 is 17.7 Å². The molecule has 0 bridgehead atoms. The fraction of sp³-hybridized carbons (Fsp3) is 0.333. The number of aryl methyl sites for hydroxylation is 1. The predicted molar refractivity (Wildman–Crippen MR) is 70.8 cm³/mol. The molecule has 0 aliphatic rings. The molecule has 0 amide bonds. The SMILES string of the molecule is CCc1ccc(CSc2nnnn2CC(=O)O)cc1. The molecule has 19 heavy (non-hydrogen) atoms. The maximum atomic E-state index is 10.6. The number of hydrogen-bond donors (Lipinski definition) is 1. The highest BCUT2D eigenvalue weighted by Gasteiger charge is 2.09. The van der Waals surface area contributed by atoms with Crippen LogP contribution in [0.3, 0.4) is 0 Å². The van der Waals surface area contributed by atoms with Crippen LogP contribution in [0.15, 0.2) is 29.4 Å². The first-order valence-electron chi connectivity index (χ1n) is 5.87. The normalized spacial score (nSPS) is 10.6. The van der Waals surface area contributed by atoms with Crippen molar-refractivity contribution in [3.63, 3.8) is 0 Å². The van der Waals surface area contributed by atoms with Crippen LogP contribution in [-0.2, 0) is 23.5 Å². The third kappa shape index (κ3) is 3.78. The molecule has 0 saturated heterocycles. The van der Waals surface area contributed by atoms with Crippen LogP contribution < -0.4 is 0 Å². The summed E-state index contributed by atoms with van der Waals surface area (Å²) in [5.41, 5.74) is 2.46. The van der Waals surface area contributed by atoms with Gasteiger partial charge in [-0.05, 0) is 28.0 Å². The number of aliphatic carboxylic acids is 1. The molecule has 0 fully saturated rings. The first kappa shape index (κ1) is 13.5. The molecule has 7 heteroatoms. The molecule has 2 aromatic rings. The zero-order valence-electron chi connectivity index (χ0n) is 10.5. The van der Waals surface area contributed by atoms with Gasteiger partial charge in [-0.15, -0.1) is 5.10 Å². The average Bonchev–Trinajstić information content (AvgIpc) is 2.83. The van der Waals surface area contributed by atoms with Gasteiger partial charge in [0.2, 0.25) is 5.16 Å². The lowest BCUT2D eigenvalue weighted by Gasteiger charge is -2.03. The summed E-state index contributed by atoms with van der Waals surface area (Å²) in [4.78, 5) is 10.6. The van der Waals surface area contributed by atoms with Crippen molar-refractivity contribution in [2.75, 3.05) is 0 Å². The lowest BCUT2D eigenvalue weighted by molar-refractivity contribution is -0.138. The maximum absolute atomic E-state index is 10.6. The van der Waals surface area contributed by atoms with E-state index in [0.717, 1.165) is 12.0 Å². The van der Waals surface area contributed by atoms with E-state index in [1.54, 1.807) is 0 Å². The van der Waals surface area contributed by atoms with Gasteiger partial charge in [0.1, 0.15) is 6.54 Å². The molecular weight excluding hydrogens is 264 g/mol. The molecule has 0 spiro atoms. The van der Waals surface area contributed by atoms with Gasteiger partial charge < -0.3 is 5.11 Å². The number of tetrazole rings is 1. The summed E-state index contributed by atoms with van der Waals surface area (Å²) in [6.07, 6.45) is 1.02. The van der Waals surface area contributed by atoms with Crippen molar-refractivity contribution in [1.82, 2.24) is 20.2 Å². The number of benzene rings is 1. The molecule has 0 aliphatic carbocycles. The molecule has 0 radical (unpaired) electrons. The lowest BCUT2D eigenvalue weighted by Crippen LogP contribution is -2.11. The summed E-state index contributed by atoms with van der Waals surface area (Å²) in [6, 6.07) is 8.32. The van der Waals surface area contributed by atoms with Gasteiger partial charge in [0.25, 0.3) is 0 Å². The van der Waals surface area contributed by atoms with E-state index < -0.39 is 5.97 Å². The number of rotatable bonds is 6. The van der Waals surface area contributed by atoms with Crippen molar-refractivity contribution in [3.8, 4) is 0 Å². The van der Waals surface area contributed by atoms with Crippen LogP contribution in [-0.4, -0.2) is 31.3 Å². The van der Waals surface area contributed by atoms with Crippen LogP contribution in [0.2, 0.25) is 0 Å². The average molecular weight is 278 g/mol. The molecule has 0 unspecified atom stereocenters. The van der Waals surface area contributed by atoms with Gasteiger partial charge in [-0.1, -0.05) is 43.0 Å². The topological polar surface area (TPSA) is 80.9 Å². The number of carboxylic acids is 1. The van der Waals surface area contributed by atoms with Crippen molar-refractivity contribution in [2.24, 2.45) is 0 Å². The molecule has 0 saturated carbocycles. The zero-order valence-corrected chi connectivity index (χ0v) is 11.3. The number of nitrogens with zero attached hydrogens (tertiary/aromatic N) is 4. The number of carbonyl (C=O) groups is 1. The molecule has 1 aromatic carbocycles. The van der Waals surface area contributed by atoms with Gasteiger partial charge in [0.15, 0.2) is 0 Å². The summed E-state index contributed by atoms with van der Waals surface area (Å²) in [5, 5.41) is 20.2. The standard InChI is InChI=1S/C12H14N4O2S/c1-2-9-3-5-10(6-4-9)8-19-12-13-14-15-16(12)7-11(17)18/h3-6H,2,7-8H2,1H3,(H,17,18). The monoisotopic (exact) mass is 278 g/mol. The van der Waals surface area contributed by atoms with Crippen molar-refractivity contribution in [2.45, 2.75) is 30.8 Å². The van der Waals surface area contributed by atoms with Crippen LogP contribution in [0.25, 0.3) is 0 Å². The van der Waals surface area contributed by atoms with E-state index in [0.29, 0.717) is 10.9 Å². The summed E-state index contributed by atoms with van der Waals surface area (Å²) in [7, 11) is 0. The van der Waals surface area contributed by atoms with Gasteiger partial charge in [-0.2, -0.15) is 0 Å². The van der Waals surface area contributed by atoms with Crippen LogP contribution in [0.4, 0.5) is 0 Å². The Morgan fingerprint density at radius 3 is 2.63 bits per heavy atom. The number of thioether (sulfide) groups is 1. The summed E-state index contributed by atoms with van der Waals surface area (Å²) in [6.45, 7) is 1.90. The van der Waals surface area contributed by atoms with Gasteiger partial charge in [0, 0.05) is 5.75 Å². The highest BCUT2D eigenvalue weighted by Crippen LogP contribution is 2.20. The predicted octanol–water partition coefficient (Wildman–Crippen LogP) is 1.61.